The second kappa shape index (κ2) is 10.6. The molecule has 1 heterocycles. The number of rotatable bonds is 8. The van der Waals surface area contributed by atoms with Crippen molar-refractivity contribution in [2.24, 2.45) is 0 Å². The molecule has 1 saturated heterocycles. The van der Waals surface area contributed by atoms with E-state index < -0.39 is 0 Å². The van der Waals surface area contributed by atoms with Crippen LogP contribution >= 0.6 is 12.4 Å². The van der Waals surface area contributed by atoms with Crippen molar-refractivity contribution in [3.05, 3.63) is 42.2 Å². The van der Waals surface area contributed by atoms with Gasteiger partial charge in [-0.15, -0.1) is 19.0 Å². The summed E-state index contributed by atoms with van der Waals surface area (Å²) >= 11 is 0. The molecular weight excluding hydrogens is 315 g/mol. The molecule has 0 aliphatic carbocycles. The number of halogens is 2. The molecule has 2 rings (SSSR count). The fourth-order valence-electron chi connectivity index (χ4n) is 3.10. The van der Waals surface area contributed by atoms with Crippen molar-refractivity contribution < 1.29 is 9.13 Å². The number of benzene rings is 1. The van der Waals surface area contributed by atoms with Gasteiger partial charge in [-0.1, -0.05) is 24.6 Å². The van der Waals surface area contributed by atoms with Gasteiger partial charge >= 0.3 is 0 Å². The standard InChI is InChI=1S/C18H27FN2O.ClH/c1-3-4-5-6-9-16(21-13-11-20-12-14-21)15-8-7-10-17(22-2)18(15)19;/h3,7-8,10,16,20H,1,4-6,9,11-14H2,2H3;1H/t16-;/m0./s1. The highest BCUT2D eigenvalue weighted by Gasteiger charge is 2.25. The maximum Gasteiger partial charge on any atom is 0.169 e. The van der Waals surface area contributed by atoms with E-state index in [1.807, 2.05) is 18.2 Å². The van der Waals surface area contributed by atoms with E-state index >= 15 is 0 Å². The number of hydrogen-bond donors (Lipinski definition) is 1. The lowest BCUT2D eigenvalue weighted by Crippen LogP contribution is -2.45. The number of unbranched alkanes of at least 4 members (excludes halogenated alkanes) is 2. The molecule has 0 amide bonds. The Bertz CT molecular complexity index is 478. The van der Waals surface area contributed by atoms with Crippen LogP contribution in [-0.4, -0.2) is 38.2 Å². The van der Waals surface area contributed by atoms with Gasteiger partial charge in [0.25, 0.3) is 0 Å². The van der Waals surface area contributed by atoms with Crippen molar-refractivity contribution in [1.29, 1.82) is 0 Å². The van der Waals surface area contributed by atoms with Crippen LogP contribution in [0.4, 0.5) is 4.39 Å². The van der Waals surface area contributed by atoms with Crippen molar-refractivity contribution in [3.8, 4) is 5.75 Å². The first-order chi connectivity index (χ1) is 10.8. The molecule has 130 valence electrons. The number of hydrogen-bond acceptors (Lipinski definition) is 3. The van der Waals surface area contributed by atoms with Crippen LogP contribution in [0.25, 0.3) is 0 Å². The fraction of sp³-hybridized carbons (Fsp3) is 0.556. The zero-order valence-corrected chi connectivity index (χ0v) is 14.7. The van der Waals surface area contributed by atoms with Gasteiger partial charge in [0.05, 0.1) is 7.11 Å². The highest BCUT2D eigenvalue weighted by atomic mass is 35.5. The van der Waals surface area contributed by atoms with Gasteiger partial charge in [0.15, 0.2) is 11.6 Å². The molecule has 0 bridgehead atoms. The van der Waals surface area contributed by atoms with Crippen LogP contribution in [0.3, 0.4) is 0 Å². The van der Waals surface area contributed by atoms with Crippen LogP contribution < -0.4 is 10.1 Å². The quantitative estimate of drug-likeness (QED) is 0.572. The molecule has 0 radical (unpaired) electrons. The molecule has 1 N–H and O–H groups in total. The normalized spacial score (nSPS) is 16.4. The van der Waals surface area contributed by atoms with Crippen LogP contribution in [0.15, 0.2) is 30.9 Å². The molecule has 23 heavy (non-hydrogen) atoms. The number of methoxy groups -OCH3 is 1. The molecule has 0 saturated carbocycles. The van der Waals surface area contributed by atoms with E-state index in [2.05, 4.69) is 16.8 Å². The molecule has 0 aromatic heterocycles. The number of nitrogens with zero attached hydrogens (tertiary/aromatic N) is 1. The predicted octanol–water partition coefficient (Wildman–Crippen LogP) is 3.95. The molecule has 1 aliphatic heterocycles. The highest BCUT2D eigenvalue weighted by Crippen LogP contribution is 2.32. The SMILES string of the molecule is C=CCCCC[C@@H](c1cccc(OC)c1F)N1CCNCC1.Cl. The first-order valence-electron chi connectivity index (χ1n) is 8.16. The average Bonchev–Trinajstić information content (AvgIpc) is 2.57. The summed E-state index contributed by atoms with van der Waals surface area (Å²) in [5.41, 5.74) is 0.764. The number of piperazine rings is 1. The Balaban J connectivity index is 0.00000264. The lowest BCUT2D eigenvalue weighted by molar-refractivity contribution is 0.159. The van der Waals surface area contributed by atoms with E-state index in [0.717, 1.165) is 57.4 Å². The minimum Gasteiger partial charge on any atom is -0.494 e. The second-order valence-corrected chi connectivity index (χ2v) is 5.74. The average molecular weight is 343 g/mol. The van der Waals surface area contributed by atoms with E-state index in [9.17, 15) is 4.39 Å². The van der Waals surface area contributed by atoms with Crippen molar-refractivity contribution in [2.45, 2.75) is 31.7 Å². The summed E-state index contributed by atoms with van der Waals surface area (Å²) in [4.78, 5) is 2.39. The van der Waals surface area contributed by atoms with Crippen molar-refractivity contribution >= 4 is 12.4 Å². The minimum atomic E-state index is -0.211. The van der Waals surface area contributed by atoms with Crippen LogP contribution in [0.5, 0.6) is 5.75 Å². The summed E-state index contributed by atoms with van der Waals surface area (Å²) in [6, 6.07) is 5.60. The van der Waals surface area contributed by atoms with Gasteiger partial charge < -0.3 is 10.1 Å². The molecule has 1 aromatic rings. The van der Waals surface area contributed by atoms with E-state index in [4.69, 9.17) is 4.74 Å². The molecule has 1 fully saturated rings. The van der Waals surface area contributed by atoms with Crippen LogP contribution in [0.2, 0.25) is 0 Å². The highest BCUT2D eigenvalue weighted by molar-refractivity contribution is 5.85. The Kier molecular flexibility index (Phi) is 9.22. The minimum absolute atomic E-state index is 0. The van der Waals surface area contributed by atoms with E-state index in [1.165, 1.54) is 7.11 Å². The summed E-state index contributed by atoms with van der Waals surface area (Å²) in [6.45, 7) is 7.62. The summed E-state index contributed by atoms with van der Waals surface area (Å²) in [6.07, 6.45) is 6.13. The van der Waals surface area contributed by atoms with Gasteiger partial charge in [-0.05, 0) is 25.3 Å². The van der Waals surface area contributed by atoms with Gasteiger partial charge in [0.1, 0.15) is 0 Å². The Morgan fingerprint density at radius 2 is 2.09 bits per heavy atom. The number of ether oxygens (including phenoxy) is 1. The third kappa shape index (κ3) is 5.48. The summed E-state index contributed by atoms with van der Waals surface area (Å²) in [5.74, 6) is 0.126. The van der Waals surface area contributed by atoms with Gasteiger partial charge in [0.2, 0.25) is 0 Å². The van der Waals surface area contributed by atoms with Gasteiger partial charge in [-0.25, -0.2) is 4.39 Å². The van der Waals surface area contributed by atoms with E-state index in [-0.39, 0.29) is 24.3 Å². The van der Waals surface area contributed by atoms with Crippen molar-refractivity contribution in [2.75, 3.05) is 33.3 Å². The number of nitrogens with one attached hydrogen (secondary N) is 1. The van der Waals surface area contributed by atoms with Crippen LogP contribution in [-0.2, 0) is 0 Å². The maximum atomic E-state index is 14.7. The van der Waals surface area contributed by atoms with Crippen LogP contribution in [0.1, 0.15) is 37.3 Å². The lowest BCUT2D eigenvalue weighted by Gasteiger charge is -2.35. The lowest BCUT2D eigenvalue weighted by atomic mass is 9.97. The van der Waals surface area contributed by atoms with Crippen molar-refractivity contribution in [1.82, 2.24) is 10.2 Å². The summed E-state index contributed by atoms with van der Waals surface area (Å²) in [7, 11) is 1.52. The molecule has 1 aromatic carbocycles. The zero-order chi connectivity index (χ0) is 15.8. The first-order valence-corrected chi connectivity index (χ1v) is 8.16. The van der Waals surface area contributed by atoms with Crippen LogP contribution in [0, 0.1) is 5.82 Å². The molecule has 1 atom stereocenters. The maximum absolute atomic E-state index is 14.7. The van der Waals surface area contributed by atoms with Gasteiger partial charge in [-0.3, -0.25) is 4.90 Å². The smallest absolute Gasteiger partial charge is 0.169 e. The number of allylic oxidation sites excluding steroid dienone is 1. The molecule has 5 heteroatoms. The second-order valence-electron chi connectivity index (χ2n) is 5.74. The van der Waals surface area contributed by atoms with Crippen molar-refractivity contribution in [3.63, 3.8) is 0 Å². The molecule has 3 nitrogen and oxygen atoms in total. The third-order valence-corrected chi connectivity index (χ3v) is 4.30. The topological polar surface area (TPSA) is 24.5 Å². The Labute approximate surface area is 145 Å². The Hall–Kier alpha value is -1.10. The van der Waals surface area contributed by atoms with E-state index in [0.29, 0.717) is 5.75 Å². The van der Waals surface area contributed by atoms with Gasteiger partial charge in [0, 0.05) is 37.8 Å². The fourth-order valence-corrected chi connectivity index (χ4v) is 3.10. The monoisotopic (exact) mass is 342 g/mol. The largest absolute Gasteiger partial charge is 0.494 e. The zero-order valence-electron chi connectivity index (χ0n) is 13.9. The molecule has 0 spiro atoms. The summed E-state index contributed by atoms with van der Waals surface area (Å²) in [5, 5.41) is 3.36. The predicted molar refractivity (Wildman–Crippen MR) is 96.0 cm³/mol. The van der Waals surface area contributed by atoms with Gasteiger partial charge in [-0.2, -0.15) is 0 Å². The molecular formula is C18H28ClFN2O. The Morgan fingerprint density at radius 3 is 2.74 bits per heavy atom. The Morgan fingerprint density at radius 1 is 1.35 bits per heavy atom. The first kappa shape index (κ1) is 19.9. The molecule has 1 aliphatic rings. The summed E-state index contributed by atoms with van der Waals surface area (Å²) < 4.78 is 19.8. The van der Waals surface area contributed by atoms with E-state index in [1.54, 1.807) is 6.07 Å². The molecule has 0 unspecified atom stereocenters. The third-order valence-electron chi connectivity index (χ3n) is 4.30.